The van der Waals surface area contributed by atoms with E-state index in [-0.39, 0.29) is 5.95 Å². The number of aromatic nitrogens is 3. The standard InChI is InChI=1S/C10H10ClN5O/c1-6-2-3-7(11)4-8(6)14-10-15-13-5-9(17)16(10)12/h2-5H,12H2,1H3,(H,14,15). The average Bonchev–Trinajstić information content (AvgIpc) is 2.30. The highest BCUT2D eigenvalue weighted by Gasteiger charge is 2.05. The van der Waals surface area contributed by atoms with E-state index in [9.17, 15) is 4.79 Å². The molecule has 2 rings (SSSR count). The molecule has 0 saturated heterocycles. The highest BCUT2D eigenvalue weighted by molar-refractivity contribution is 6.30. The molecule has 0 radical (unpaired) electrons. The lowest BCUT2D eigenvalue weighted by Crippen LogP contribution is -2.30. The number of nitrogens with zero attached hydrogens (tertiary/aromatic N) is 3. The van der Waals surface area contributed by atoms with Crippen molar-refractivity contribution < 1.29 is 0 Å². The Morgan fingerprint density at radius 2 is 2.24 bits per heavy atom. The first-order valence-corrected chi connectivity index (χ1v) is 5.18. The summed E-state index contributed by atoms with van der Waals surface area (Å²) in [4.78, 5) is 11.3. The molecule has 0 aliphatic carbocycles. The summed E-state index contributed by atoms with van der Waals surface area (Å²) in [7, 11) is 0. The molecule has 17 heavy (non-hydrogen) atoms. The molecule has 0 aliphatic heterocycles. The van der Waals surface area contributed by atoms with Crippen molar-refractivity contribution >= 4 is 23.2 Å². The molecule has 0 unspecified atom stereocenters. The van der Waals surface area contributed by atoms with Crippen LogP contribution in [0, 0.1) is 6.92 Å². The van der Waals surface area contributed by atoms with Gasteiger partial charge in [0.25, 0.3) is 5.56 Å². The molecule has 3 N–H and O–H groups in total. The molecule has 0 amide bonds. The second-order valence-corrected chi connectivity index (χ2v) is 3.90. The number of benzene rings is 1. The molecule has 1 aromatic carbocycles. The normalized spacial score (nSPS) is 10.2. The molecule has 0 saturated carbocycles. The third kappa shape index (κ3) is 2.36. The van der Waals surface area contributed by atoms with E-state index >= 15 is 0 Å². The summed E-state index contributed by atoms with van der Waals surface area (Å²) in [5.41, 5.74) is 1.23. The summed E-state index contributed by atoms with van der Waals surface area (Å²) in [6.07, 6.45) is 1.04. The fraction of sp³-hybridized carbons (Fsp3) is 0.100. The van der Waals surface area contributed by atoms with Gasteiger partial charge in [-0.05, 0) is 24.6 Å². The number of hydrogen-bond donors (Lipinski definition) is 2. The van der Waals surface area contributed by atoms with Crippen molar-refractivity contribution in [2.45, 2.75) is 6.92 Å². The average molecular weight is 252 g/mol. The van der Waals surface area contributed by atoms with Crippen molar-refractivity contribution in [2.75, 3.05) is 11.2 Å². The Morgan fingerprint density at radius 1 is 1.47 bits per heavy atom. The van der Waals surface area contributed by atoms with Crippen LogP contribution in [0.4, 0.5) is 11.6 Å². The van der Waals surface area contributed by atoms with E-state index in [1.807, 2.05) is 13.0 Å². The Morgan fingerprint density at radius 3 is 3.00 bits per heavy atom. The summed E-state index contributed by atoms with van der Waals surface area (Å²) in [6.45, 7) is 1.90. The third-order valence-corrected chi connectivity index (χ3v) is 2.47. The highest BCUT2D eigenvalue weighted by Crippen LogP contribution is 2.22. The van der Waals surface area contributed by atoms with Gasteiger partial charge >= 0.3 is 0 Å². The van der Waals surface area contributed by atoms with Gasteiger partial charge < -0.3 is 11.2 Å². The Labute approximate surface area is 102 Å². The quantitative estimate of drug-likeness (QED) is 0.780. The molecule has 88 valence electrons. The SMILES string of the molecule is Cc1ccc(Cl)cc1Nc1nncc(=O)n1N. The fourth-order valence-electron chi connectivity index (χ4n) is 1.28. The predicted octanol–water partition coefficient (Wildman–Crippen LogP) is 1.06. The van der Waals surface area contributed by atoms with Crippen molar-refractivity contribution in [3.05, 3.63) is 45.3 Å². The van der Waals surface area contributed by atoms with Gasteiger partial charge in [-0.2, -0.15) is 4.68 Å². The summed E-state index contributed by atoms with van der Waals surface area (Å²) in [6, 6.07) is 5.34. The second-order valence-electron chi connectivity index (χ2n) is 3.46. The van der Waals surface area contributed by atoms with Crippen molar-refractivity contribution in [3.8, 4) is 0 Å². The molecule has 0 spiro atoms. The van der Waals surface area contributed by atoms with Gasteiger partial charge in [-0.1, -0.05) is 17.7 Å². The zero-order valence-corrected chi connectivity index (χ0v) is 9.77. The van der Waals surface area contributed by atoms with Crippen LogP contribution < -0.4 is 16.7 Å². The van der Waals surface area contributed by atoms with Crippen molar-refractivity contribution in [1.29, 1.82) is 0 Å². The second kappa shape index (κ2) is 4.42. The van der Waals surface area contributed by atoms with E-state index in [0.717, 1.165) is 22.1 Å². The number of aryl methyl sites for hydroxylation is 1. The summed E-state index contributed by atoms with van der Waals surface area (Å²) in [5, 5.41) is 10.8. The number of nitrogens with two attached hydrogens (primary N) is 1. The van der Waals surface area contributed by atoms with Crippen molar-refractivity contribution in [2.24, 2.45) is 0 Å². The number of nitrogen functional groups attached to an aromatic ring is 1. The minimum Gasteiger partial charge on any atom is -0.333 e. The molecule has 2 aromatic rings. The van der Waals surface area contributed by atoms with Gasteiger partial charge in [0.05, 0.1) is 0 Å². The smallest absolute Gasteiger partial charge is 0.292 e. The van der Waals surface area contributed by atoms with Crippen LogP contribution in [-0.2, 0) is 0 Å². The summed E-state index contributed by atoms with van der Waals surface area (Å²) < 4.78 is 0.882. The number of hydrogen-bond acceptors (Lipinski definition) is 5. The molecule has 1 aromatic heterocycles. The number of nitrogens with one attached hydrogen (secondary N) is 1. The lowest BCUT2D eigenvalue weighted by molar-refractivity contribution is 0.835. The molecule has 6 nitrogen and oxygen atoms in total. The number of anilines is 2. The van der Waals surface area contributed by atoms with E-state index in [1.54, 1.807) is 12.1 Å². The fourth-order valence-corrected chi connectivity index (χ4v) is 1.45. The number of rotatable bonds is 2. The van der Waals surface area contributed by atoms with E-state index < -0.39 is 5.56 Å². The van der Waals surface area contributed by atoms with Gasteiger partial charge in [-0.3, -0.25) is 4.79 Å². The molecule has 7 heteroatoms. The zero-order chi connectivity index (χ0) is 12.4. The van der Waals surface area contributed by atoms with Crippen LogP contribution >= 0.6 is 11.6 Å². The van der Waals surface area contributed by atoms with Crippen LogP contribution in [0.25, 0.3) is 0 Å². The van der Waals surface area contributed by atoms with E-state index in [4.69, 9.17) is 17.4 Å². The topological polar surface area (TPSA) is 85.8 Å². The Kier molecular flexibility index (Phi) is 2.97. The molecular weight excluding hydrogens is 242 g/mol. The predicted molar refractivity (Wildman–Crippen MR) is 65.9 cm³/mol. The summed E-state index contributed by atoms with van der Waals surface area (Å²) in [5.74, 6) is 5.68. The Bertz CT molecular complexity index is 610. The maximum atomic E-state index is 11.3. The third-order valence-electron chi connectivity index (χ3n) is 2.23. The Hall–Kier alpha value is -2.08. The lowest BCUT2D eigenvalue weighted by atomic mass is 10.2. The van der Waals surface area contributed by atoms with E-state index in [1.165, 1.54) is 0 Å². The monoisotopic (exact) mass is 251 g/mol. The minimum absolute atomic E-state index is 0.155. The summed E-state index contributed by atoms with van der Waals surface area (Å²) >= 11 is 5.88. The molecular formula is C10H10ClN5O. The molecule has 1 heterocycles. The molecule has 0 fully saturated rings. The Balaban J connectivity index is 2.41. The molecule has 0 bridgehead atoms. The van der Waals surface area contributed by atoms with Gasteiger partial charge in [0.1, 0.15) is 6.20 Å². The van der Waals surface area contributed by atoms with E-state index in [2.05, 4.69) is 15.5 Å². The van der Waals surface area contributed by atoms with Gasteiger partial charge in [-0.25, -0.2) is 0 Å². The maximum Gasteiger partial charge on any atom is 0.292 e. The minimum atomic E-state index is -0.442. The van der Waals surface area contributed by atoms with Crippen molar-refractivity contribution in [1.82, 2.24) is 14.9 Å². The first-order chi connectivity index (χ1) is 8.08. The van der Waals surface area contributed by atoms with Gasteiger partial charge in [0, 0.05) is 10.7 Å². The van der Waals surface area contributed by atoms with E-state index in [0.29, 0.717) is 5.02 Å². The largest absolute Gasteiger partial charge is 0.333 e. The van der Waals surface area contributed by atoms with Gasteiger partial charge in [0.15, 0.2) is 0 Å². The van der Waals surface area contributed by atoms with Gasteiger partial charge in [0.2, 0.25) is 5.95 Å². The van der Waals surface area contributed by atoms with Crippen LogP contribution in [0.3, 0.4) is 0 Å². The van der Waals surface area contributed by atoms with Crippen LogP contribution in [-0.4, -0.2) is 14.9 Å². The maximum absolute atomic E-state index is 11.3. The lowest BCUT2D eigenvalue weighted by Gasteiger charge is -2.10. The first-order valence-electron chi connectivity index (χ1n) is 4.81. The van der Waals surface area contributed by atoms with Crippen LogP contribution in [0.2, 0.25) is 5.02 Å². The van der Waals surface area contributed by atoms with Gasteiger partial charge in [-0.15, -0.1) is 10.2 Å². The van der Waals surface area contributed by atoms with Crippen LogP contribution in [0.5, 0.6) is 0 Å². The van der Waals surface area contributed by atoms with Crippen LogP contribution in [0.1, 0.15) is 5.56 Å². The molecule has 0 atom stereocenters. The van der Waals surface area contributed by atoms with Crippen molar-refractivity contribution in [3.63, 3.8) is 0 Å². The first kappa shape index (κ1) is 11.4. The zero-order valence-electron chi connectivity index (χ0n) is 9.01. The highest BCUT2D eigenvalue weighted by atomic mass is 35.5. The van der Waals surface area contributed by atoms with Crippen LogP contribution in [0.15, 0.2) is 29.2 Å². The number of halogens is 1. The molecule has 0 aliphatic rings.